The minimum absolute atomic E-state index is 0.143. The van der Waals surface area contributed by atoms with E-state index in [9.17, 15) is 4.79 Å². The second-order valence-corrected chi connectivity index (χ2v) is 3.99. The highest BCUT2D eigenvalue weighted by Crippen LogP contribution is 2.23. The second-order valence-electron chi connectivity index (χ2n) is 3.62. The van der Waals surface area contributed by atoms with E-state index < -0.39 is 0 Å². The van der Waals surface area contributed by atoms with Gasteiger partial charge in [0.1, 0.15) is 0 Å². The third-order valence-electron chi connectivity index (χ3n) is 2.18. The van der Waals surface area contributed by atoms with Gasteiger partial charge in [0.2, 0.25) is 0 Å². The van der Waals surface area contributed by atoms with Crippen LogP contribution in [0.2, 0.25) is 5.02 Å². The molecule has 0 atom stereocenters. The summed E-state index contributed by atoms with van der Waals surface area (Å²) in [5.41, 5.74) is 2.74. The van der Waals surface area contributed by atoms with Crippen LogP contribution in [0.25, 0.3) is 0 Å². The van der Waals surface area contributed by atoms with Crippen LogP contribution in [0, 0.1) is 13.8 Å². The number of aryl methyl sites for hydroxylation is 2. The van der Waals surface area contributed by atoms with E-state index in [1.165, 1.54) is 0 Å². The number of ketones is 1. The third kappa shape index (κ3) is 2.36. The van der Waals surface area contributed by atoms with Crippen molar-refractivity contribution in [1.29, 1.82) is 0 Å². The molecule has 0 aliphatic carbocycles. The number of halogens is 1. The zero-order chi connectivity index (χ0) is 10.7. The minimum atomic E-state index is 0.143. The molecule has 0 unspecified atom stereocenters. The first kappa shape index (κ1) is 11.3. The SMILES string of the molecule is CCCC(=O)c1cc(C)cc(C)c1Cl. The Morgan fingerprint density at radius 3 is 2.57 bits per heavy atom. The molecule has 1 aromatic rings. The predicted molar refractivity (Wildman–Crippen MR) is 60.2 cm³/mol. The lowest BCUT2D eigenvalue weighted by Crippen LogP contribution is -2.01. The maximum Gasteiger partial charge on any atom is 0.164 e. The van der Waals surface area contributed by atoms with Crippen molar-refractivity contribution in [3.05, 3.63) is 33.8 Å². The fraction of sp³-hybridized carbons (Fsp3) is 0.417. The number of hydrogen-bond donors (Lipinski definition) is 0. The van der Waals surface area contributed by atoms with Gasteiger partial charge in [-0.1, -0.05) is 30.2 Å². The van der Waals surface area contributed by atoms with E-state index in [0.717, 1.165) is 17.5 Å². The topological polar surface area (TPSA) is 17.1 Å². The van der Waals surface area contributed by atoms with E-state index in [0.29, 0.717) is 17.0 Å². The monoisotopic (exact) mass is 210 g/mol. The Morgan fingerprint density at radius 1 is 1.36 bits per heavy atom. The predicted octanol–water partition coefficient (Wildman–Crippen LogP) is 3.94. The molecule has 0 heterocycles. The van der Waals surface area contributed by atoms with Crippen molar-refractivity contribution in [2.24, 2.45) is 0 Å². The van der Waals surface area contributed by atoms with Gasteiger partial charge < -0.3 is 0 Å². The van der Waals surface area contributed by atoms with Crippen LogP contribution >= 0.6 is 11.6 Å². The van der Waals surface area contributed by atoms with Gasteiger partial charge in [0, 0.05) is 12.0 Å². The highest BCUT2D eigenvalue weighted by atomic mass is 35.5. The third-order valence-corrected chi connectivity index (χ3v) is 2.68. The summed E-state index contributed by atoms with van der Waals surface area (Å²) >= 11 is 6.07. The van der Waals surface area contributed by atoms with Crippen LogP contribution in [-0.4, -0.2) is 5.78 Å². The van der Waals surface area contributed by atoms with E-state index in [-0.39, 0.29) is 5.78 Å². The molecule has 14 heavy (non-hydrogen) atoms. The lowest BCUT2D eigenvalue weighted by atomic mass is 10.0. The number of hydrogen-bond acceptors (Lipinski definition) is 1. The normalized spacial score (nSPS) is 10.3. The molecule has 0 fully saturated rings. The number of rotatable bonds is 3. The van der Waals surface area contributed by atoms with Crippen molar-refractivity contribution < 1.29 is 4.79 Å². The highest BCUT2D eigenvalue weighted by molar-refractivity contribution is 6.34. The molecule has 1 rings (SSSR count). The fourth-order valence-electron chi connectivity index (χ4n) is 1.51. The molecule has 0 bridgehead atoms. The smallest absolute Gasteiger partial charge is 0.164 e. The molecule has 0 saturated carbocycles. The van der Waals surface area contributed by atoms with Crippen LogP contribution in [-0.2, 0) is 0 Å². The molecule has 1 nitrogen and oxygen atoms in total. The van der Waals surface area contributed by atoms with E-state index in [4.69, 9.17) is 11.6 Å². The van der Waals surface area contributed by atoms with Crippen molar-refractivity contribution in [2.75, 3.05) is 0 Å². The van der Waals surface area contributed by atoms with Crippen molar-refractivity contribution in [2.45, 2.75) is 33.6 Å². The van der Waals surface area contributed by atoms with Crippen LogP contribution in [0.1, 0.15) is 41.3 Å². The van der Waals surface area contributed by atoms with Gasteiger partial charge in [0.15, 0.2) is 5.78 Å². The minimum Gasteiger partial charge on any atom is -0.294 e. The molecular formula is C12H15ClO. The summed E-state index contributed by atoms with van der Waals surface area (Å²) in [4.78, 5) is 11.7. The van der Waals surface area contributed by atoms with Crippen LogP contribution in [0.5, 0.6) is 0 Å². The number of carbonyl (C=O) groups is 1. The molecular weight excluding hydrogens is 196 g/mol. The lowest BCUT2D eigenvalue weighted by Gasteiger charge is -2.07. The van der Waals surface area contributed by atoms with Crippen LogP contribution < -0.4 is 0 Å². The zero-order valence-electron chi connectivity index (χ0n) is 8.86. The fourth-order valence-corrected chi connectivity index (χ4v) is 1.73. The van der Waals surface area contributed by atoms with Crippen LogP contribution in [0.4, 0.5) is 0 Å². The summed E-state index contributed by atoms with van der Waals surface area (Å²) in [6.07, 6.45) is 1.44. The summed E-state index contributed by atoms with van der Waals surface area (Å²) in [6, 6.07) is 3.86. The molecule has 0 N–H and O–H groups in total. The summed E-state index contributed by atoms with van der Waals surface area (Å²) < 4.78 is 0. The Hall–Kier alpha value is -0.820. The molecule has 76 valence electrons. The Morgan fingerprint density at radius 2 is 2.00 bits per heavy atom. The van der Waals surface area contributed by atoms with Gasteiger partial charge in [0.25, 0.3) is 0 Å². The number of carbonyl (C=O) groups excluding carboxylic acids is 1. The lowest BCUT2D eigenvalue weighted by molar-refractivity contribution is 0.0981. The first-order valence-corrected chi connectivity index (χ1v) is 5.24. The molecule has 2 heteroatoms. The van der Waals surface area contributed by atoms with Crippen LogP contribution in [0.15, 0.2) is 12.1 Å². The Balaban J connectivity index is 3.13. The van der Waals surface area contributed by atoms with E-state index >= 15 is 0 Å². The van der Waals surface area contributed by atoms with E-state index in [1.807, 2.05) is 32.9 Å². The molecule has 0 aromatic heterocycles. The average molecular weight is 211 g/mol. The molecule has 0 aliphatic heterocycles. The zero-order valence-corrected chi connectivity index (χ0v) is 9.61. The number of benzene rings is 1. The van der Waals surface area contributed by atoms with Gasteiger partial charge in [-0.3, -0.25) is 4.79 Å². The van der Waals surface area contributed by atoms with Gasteiger partial charge in [-0.2, -0.15) is 0 Å². The van der Waals surface area contributed by atoms with Gasteiger partial charge in [-0.15, -0.1) is 0 Å². The number of Topliss-reactive ketones (excluding diaryl/α,β-unsaturated/α-hetero) is 1. The second kappa shape index (κ2) is 4.61. The highest BCUT2D eigenvalue weighted by Gasteiger charge is 2.11. The Bertz CT molecular complexity index is 356. The largest absolute Gasteiger partial charge is 0.294 e. The van der Waals surface area contributed by atoms with Crippen molar-refractivity contribution in [3.63, 3.8) is 0 Å². The Kier molecular flexibility index (Phi) is 3.70. The molecule has 0 amide bonds. The Labute approximate surface area is 90.1 Å². The summed E-state index contributed by atoms with van der Waals surface area (Å²) in [5, 5.41) is 0.606. The van der Waals surface area contributed by atoms with Gasteiger partial charge in [-0.05, 0) is 31.9 Å². The first-order valence-electron chi connectivity index (χ1n) is 4.86. The van der Waals surface area contributed by atoms with Crippen molar-refractivity contribution in [3.8, 4) is 0 Å². The van der Waals surface area contributed by atoms with Gasteiger partial charge in [0.05, 0.1) is 5.02 Å². The maximum absolute atomic E-state index is 11.7. The van der Waals surface area contributed by atoms with Gasteiger partial charge in [-0.25, -0.2) is 0 Å². The molecule has 0 saturated heterocycles. The molecule has 0 spiro atoms. The molecule has 1 aromatic carbocycles. The van der Waals surface area contributed by atoms with E-state index in [2.05, 4.69) is 0 Å². The summed E-state index contributed by atoms with van der Waals surface area (Å²) in [7, 11) is 0. The first-order chi connectivity index (χ1) is 6.56. The maximum atomic E-state index is 11.7. The summed E-state index contributed by atoms with van der Waals surface area (Å²) in [6.45, 7) is 5.90. The molecule has 0 aliphatic rings. The standard InChI is InChI=1S/C12H15ClO/c1-4-5-11(14)10-7-8(2)6-9(3)12(10)13/h6-7H,4-5H2,1-3H3. The average Bonchev–Trinajstić information content (AvgIpc) is 2.11. The van der Waals surface area contributed by atoms with Gasteiger partial charge >= 0.3 is 0 Å². The molecule has 0 radical (unpaired) electrons. The quantitative estimate of drug-likeness (QED) is 0.691. The van der Waals surface area contributed by atoms with Crippen molar-refractivity contribution >= 4 is 17.4 Å². The summed E-state index contributed by atoms with van der Waals surface area (Å²) in [5.74, 6) is 0.143. The van der Waals surface area contributed by atoms with Crippen molar-refractivity contribution in [1.82, 2.24) is 0 Å². The van der Waals surface area contributed by atoms with Crippen LogP contribution in [0.3, 0.4) is 0 Å². The van der Waals surface area contributed by atoms with E-state index in [1.54, 1.807) is 0 Å².